The molecular weight excluding hydrogens is 254 g/mol. The van der Waals surface area contributed by atoms with Crippen molar-refractivity contribution in [3.05, 3.63) is 29.3 Å². The second kappa shape index (κ2) is 4.22. The van der Waals surface area contributed by atoms with E-state index in [0.29, 0.717) is 6.54 Å². The van der Waals surface area contributed by atoms with Gasteiger partial charge in [-0.3, -0.25) is 4.90 Å². The van der Waals surface area contributed by atoms with Crippen molar-refractivity contribution in [3.63, 3.8) is 0 Å². The highest BCUT2D eigenvalue weighted by molar-refractivity contribution is 5.91. The zero-order valence-corrected chi connectivity index (χ0v) is 12.3. The van der Waals surface area contributed by atoms with Crippen molar-refractivity contribution in [3.8, 4) is 0 Å². The summed E-state index contributed by atoms with van der Waals surface area (Å²) in [5.74, 6) is 0. The summed E-state index contributed by atoms with van der Waals surface area (Å²) in [7, 11) is 0. The quantitative estimate of drug-likeness (QED) is 0.857. The molecule has 0 unspecified atom stereocenters. The van der Waals surface area contributed by atoms with Crippen LogP contribution in [0.5, 0.6) is 0 Å². The van der Waals surface area contributed by atoms with E-state index in [1.54, 1.807) is 4.90 Å². The Kier molecular flexibility index (Phi) is 2.83. The molecule has 0 atom stereocenters. The van der Waals surface area contributed by atoms with Gasteiger partial charge in [0.15, 0.2) is 0 Å². The van der Waals surface area contributed by atoms with E-state index < -0.39 is 11.2 Å². The smallest absolute Gasteiger partial charge is 0.414 e. The number of ether oxygens (including phenoxy) is 1. The number of carbonyl (C=O) groups is 1. The standard InChI is InChI=1S/C16H21NO3/c1-15(2,3)20-14(18)17-10-7-11-12(16(19)8-9-16)5-4-6-13(11)17/h4-6,19H,7-10H2,1-3H3. The molecule has 2 aliphatic rings. The van der Waals surface area contributed by atoms with E-state index in [2.05, 4.69) is 0 Å². The molecule has 1 aliphatic carbocycles. The van der Waals surface area contributed by atoms with Crippen molar-refractivity contribution in [2.24, 2.45) is 0 Å². The van der Waals surface area contributed by atoms with Gasteiger partial charge in [0.2, 0.25) is 0 Å². The fourth-order valence-electron chi connectivity index (χ4n) is 2.76. The molecule has 1 aromatic rings. The van der Waals surface area contributed by atoms with Crippen molar-refractivity contribution >= 4 is 11.8 Å². The molecule has 4 nitrogen and oxygen atoms in total. The van der Waals surface area contributed by atoms with Crippen molar-refractivity contribution < 1.29 is 14.6 Å². The molecule has 1 aromatic carbocycles. The molecule has 0 aromatic heterocycles. The van der Waals surface area contributed by atoms with Crippen molar-refractivity contribution in [1.29, 1.82) is 0 Å². The number of benzene rings is 1. The minimum Gasteiger partial charge on any atom is -0.443 e. The maximum Gasteiger partial charge on any atom is 0.414 e. The summed E-state index contributed by atoms with van der Waals surface area (Å²) in [4.78, 5) is 13.9. The maximum absolute atomic E-state index is 12.2. The van der Waals surface area contributed by atoms with Gasteiger partial charge in [-0.15, -0.1) is 0 Å². The van der Waals surface area contributed by atoms with Crippen LogP contribution in [0.3, 0.4) is 0 Å². The average molecular weight is 275 g/mol. The zero-order chi connectivity index (χ0) is 14.5. The number of nitrogens with zero attached hydrogens (tertiary/aromatic N) is 1. The minimum absolute atomic E-state index is 0.309. The molecule has 108 valence electrons. The van der Waals surface area contributed by atoms with Gasteiger partial charge in [0.05, 0.1) is 11.3 Å². The third-order valence-electron chi connectivity index (χ3n) is 3.87. The van der Waals surface area contributed by atoms with Crippen LogP contribution in [0.2, 0.25) is 0 Å². The van der Waals surface area contributed by atoms with Crippen molar-refractivity contribution in [1.82, 2.24) is 0 Å². The number of anilines is 1. The first kappa shape index (κ1) is 13.4. The van der Waals surface area contributed by atoms with Crippen LogP contribution < -0.4 is 4.90 Å². The lowest BCUT2D eigenvalue weighted by molar-refractivity contribution is 0.0584. The van der Waals surface area contributed by atoms with Crippen LogP contribution in [-0.2, 0) is 16.8 Å². The number of amides is 1. The van der Waals surface area contributed by atoms with E-state index in [1.807, 2.05) is 39.0 Å². The van der Waals surface area contributed by atoms with Gasteiger partial charge < -0.3 is 9.84 Å². The summed E-state index contributed by atoms with van der Waals surface area (Å²) in [5.41, 5.74) is 1.82. The van der Waals surface area contributed by atoms with Crippen LogP contribution in [0.1, 0.15) is 44.7 Å². The number of aliphatic hydroxyl groups is 1. The van der Waals surface area contributed by atoms with Gasteiger partial charge in [0, 0.05) is 6.54 Å². The van der Waals surface area contributed by atoms with Crippen LogP contribution in [0.4, 0.5) is 10.5 Å². The summed E-state index contributed by atoms with van der Waals surface area (Å²) in [5, 5.41) is 10.3. The average Bonchev–Trinajstić information content (AvgIpc) is 2.94. The van der Waals surface area contributed by atoms with Crippen molar-refractivity contribution in [2.45, 2.75) is 51.2 Å². The van der Waals surface area contributed by atoms with Crippen LogP contribution in [-0.4, -0.2) is 23.3 Å². The molecule has 0 spiro atoms. The summed E-state index contributed by atoms with van der Waals surface area (Å²) < 4.78 is 5.44. The zero-order valence-electron chi connectivity index (χ0n) is 12.3. The Hall–Kier alpha value is -1.55. The minimum atomic E-state index is -0.657. The van der Waals surface area contributed by atoms with Gasteiger partial charge in [-0.1, -0.05) is 12.1 Å². The summed E-state index contributed by atoms with van der Waals surface area (Å²) >= 11 is 0. The van der Waals surface area contributed by atoms with Crippen molar-refractivity contribution in [2.75, 3.05) is 11.4 Å². The molecule has 1 fully saturated rings. The summed E-state index contributed by atoms with van der Waals surface area (Å²) in [6.07, 6.45) is 2.11. The van der Waals surface area contributed by atoms with Crippen LogP contribution >= 0.6 is 0 Å². The second-order valence-corrected chi connectivity index (χ2v) is 6.72. The first-order valence-corrected chi connectivity index (χ1v) is 7.15. The van der Waals surface area contributed by atoms with E-state index in [1.165, 1.54) is 0 Å². The van der Waals surface area contributed by atoms with Crippen LogP contribution in [0.25, 0.3) is 0 Å². The number of hydrogen-bond acceptors (Lipinski definition) is 3. The molecule has 0 bridgehead atoms. The molecular formula is C16H21NO3. The molecule has 1 saturated carbocycles. The fraction of sp³-hybridized carbons (Fsp3) is 0.562. The molecule has 3 rings (SSSR count). The second-order valence-electron chi connectivity index (χ2n) is 6.72. The molecule has 1 amide bonds. The third-order valence-corrected chi connectivity index (χ3v) is 3.87. The molecule has 0 saturated heterocycles. The number of carbonyl (C=O) groups excluding carboxylic acids is 1. The van der Waals surface area contributed by atoms with Gasteiger partial charge in [0.1, 0.15) is 5.60 Å². The number of hydrogen-bond donors (Lipinski definition) is 1. The van der Waals surface area contributed by atoms with Gasteiger partial charge in [-0.25, -0.2) is 4.79 Å². The first-order chi connectivity index (χ1) is 9.30. The van der Waals surface area contributed by atoms with E-state index in [0.717, 1.165) is 36.1 Å². The van der Waals surface area contributed by atoms with E-state index in [-0.39, 0.29) is 6.09 Å². The lowest BCUT2D eigenvalue weighted by Crippen LogP contribution is -2.35. The number of fused-ring (bicyclic) bond motifs is 1. The molecule has 0 radical (unpaired) electrons. The topological polar surface area (TPSA) is 49.8 Å². The monoisotopic (exact) mass is 275 g/mol. The van der Waals surface area contributed by atoms with Crippen LogP contribution in [0.15, 0.2) is 18.2 Å². The fourth-order valence-corrected chi connectivity index (χ4v) is 2.76. The van der Waals surface area contributed by atoms with Gasteiger partial charge in [-0.2, -0.15) is 0 Å². The van der Waals surface area contributed by atoms with Crippen LogP contribution in [0, 0.1) is 0 Å². The SMILES string of the molecule is CC(C)(C)OC(=O)N1CCc2c1cccc2C1(O)CC1. The van der Waals surface area contributed by atoms with E-state index in [4.69, 9.17) is 4.74 Å². The maximum atomic E-state index is 12.2. The predicted molar refractivity (Wildman–Crippen MR) is 76.9 cm³/mol. The third kappa shape index (κ3) is 2.29. The highest BCUT2D eigenvalue weighted by Crippen LogP contribution is 2.49. The Labute approximate surface area is 119 Å². The Morgan fingerprint density at radius 1 is 1.35 bits per heavy atom. The highest BCUT2D eigenvalue weighted by Gasteiger charge is 2.45. The molecule has 1 aliphatic heterocycles. The summed E-state index contributed by atoms with van der Waals surface area (Å²) in [6, 6.07) is 5.82. The normalized spacial score (nSPS) is 19.7. The molecule has 1 N–H and O–H groups in total. The molecule has 20 heavy (non-hydrogen) atoms. The Morgan fingerprint density at radius 3 is 2.65 bits per heavy atom. The Balaban J connectivity index is 1.89. The molecule has 1 heterocycles. The van der Waals surface area contributed by atoms with E-state index in [9.17, 15) is 9.90 Å². The van der Waals surface area contributed by atoms with E-state index >= 15 is 0 Å². The number of rotatable bonds is 1. The molecule has 4 heteroatoms. The lowest BCUT2D eigenvalue weighted by atomic mass is 9.99. The van der Waals surface area contributed by atoms with Gasteiger partial charge >= 0.3 is 6.09 Å². The lowest BCUT2D eigenvalue weighted by Gasteiger charge is -2.25. The first-order valence-electron chi connectivity index (χ1n) is 7.15. The highest BCUT2D eigenvalue weighted by atomic mass is 16.6. The Bertz CT molecular complexity index is 555. The van der Waals surface area contributed by atoms with Gasteiger partial charge in [0.25, 0.3) is 0 Å². The largest absolute Gasteiger partial charge is 0.443 e. The van der Waals surface area contributed by atoms with Gasteiger partial charge in [-0.05, 0) is 57.2 Å². The predicted octanol–water partition coefficient (Wildman–Crippen LogP) is 2.97. The summed E-state index contributed by atoms with van der Waals surface area (Å²) in [6.45, 7) is 6.22. The Morgan fingerprint density at radius 2 is 2.05 bits per heavy atom.